The van der Waals surface area contributed by atoms with Gasteiger partial charge in [0.2, 0.25) is 0 Å². The molecule has 0 spiro atoms. The summed E-state index contributed by atoms with van der Waals surface area (Å²) in [4.78, 5) is 17.6. The van der Waals surface area contributed by atoms with Crippen LogP contribution in [0.25, 0.3) is 0 Å². The Morgan fingerprint density at radius 1 is 1.29 bits per heavy atom. The molecule has 24 heavy (non-hydrogen) atoms. The lowest BCUT2D eigenvalue weighted by molar-refractivity contribution is -0.0790. The second-order valence-electron chi connectivity index (χ2n) is 5.10. The van der Waals surface area contributed by atoms with Gasteiger partial charge in [0.05, 0.1) is 12.3 Å². The van der Waals surface area contributed by atoms with Crippen LogP contribution in [0.2, 0.25) is 0 Å². The maximum atomic E-state index is 11.1. The Morgan fingerprint density at radius 2 is 1.75 bits per heavy atom. The molecule has 6 N–H and O–H groups in total. The van der Waals surface area contributed by atoms with E-state index in [9.17, 15) is 28.5 Å². The molecule has 1 aromatic heterocycles. The number of nitrogens with one attached hydrogen (secondary N) is 1. The van der Waals surface area contributed by atoms with E-state index in [1.165, 1.54) is 21.0 Å². The third kappa shape index (κ3) is 6.60. The van der Waals surface area contributed by atoms with Crippen molar-refractivity contribution in [3.05, 3.63) is 17.2 Å². The largest absolute Gasteiger partial charge is 0.394 e. The fourth-order valence-corrected chi connectivity index (χ4v) is 1.41. The van der Waals surface area contributed by atoms with Gasteiger partial charge in [-0.2, -0.15) is 12.7 Å². The van der Waals surface area contributed by atoms with Crippen LogP contribution in [-0.2, 0) is 10.3 Å². The molecule has 0 bridgehead atoms. The summed E-state index contributed by atoms with van der Waals surface area (Å²) in [6.45, 7) is 2.21. The molecular formula is C12H23N3O8S. The molecular weight excluding hydrogens is 346 g/mol. The molecule has 0 aromatic carbocycles. The average molecular weight is 369 g/mol. The van der Waals surface area contributed by atoms with Crippen molar-refractivity contribution in [1.82, 2.24) is 14.3 Å². The Morgan fingerprint density at radius 3 is 2.04 bits per heavy atom. The number of H-pyrrole nitrogens is 1. The summed E-state index contributed by atoms with van der Waals surface area (Å²) in [7, 11) is -1.42. The smallest absolute Gasteiger partial charge is 0.335 e. The SMILES string of the molecule is CC(=O)c1nc([C@@H](O)[C@H](O)[C@H](O)CO)c(C)[nH]1.CN(C)S(=O)(=O)O. The van der Waals surface area contributed by atoms with E-state index in [0.717, 1.165) is 0 Å². The molecule has 0 amide bonds. The molecule has 0 aliphatic rings. The first kappa shape index (κ1) is 22.6. The summed E-state index contributed by atoms with van der Waals surface area (Å²) in [5.74, 6) is -0.231. The second kappa shape index (κ2) is 9.17. The zero-order valence-corrected chi connectivity index (χ0v) is 14.5. The van der Waals surface area contributed by atoms with Gasteiger partial charge in [-0.15, -0.1) is 0 Å². The first-order chi connectivity index (χ1) is 10.8. The summed E-state index contributed by atoms with van der Waals surface area (Å²) in [5.41, 5.74) is 0.502. The minimum atomic E-state index is -3.91. The number of carbonyl (C=O) groups excluding carboxylic acids is 1. The van der Waals surface area contributed by atoms with E-state index in [1.54, 1.807) is 6.92 Å². The maximum Gasteiger partial charge on any atom is 0.335 e. The Labute approximate surface area is 139 Å². The summed E-state index contributed by atoms with van der Waals surface area (Å²) in [5, 5.41) is 37.1. The molecule has 0 aliphatic carbocycles. The van der Waals surface area contributed by atoms with Crippen LogP contribution in [0.3, 0.4) is 0 Å². The minimum absolute atomic E-state index is 0.0715. The summed E-state index contributed by atoms with van der Waals surface area (Å²) in [6, 6.07) is 0. The number of aromatic amines is 1. The Balaban J connectivity index is 0.000000640. The van der Waals surface area contributed by atoms with Gasteiger partial charge in [0, 0.05) is 26.7 Å². The topological polar surface area (TPSA) is 184 Å². The van der Waals surface area contributed by atoms with Crippen molar-refractivity contribution in [2.75, 3.05) is 20.7 Å². The zero-order chi connectivity index (χ0) is 19.2. The third-order valence-electron chi connectivity index (χ3n) is 2.90. The molecule has 1 rings (SSSR count). The molecule has 0 radical (unpaired) electrons. The van der Waals surface area contributed by atoms with Crippen LogP contribution in [0.1, 0.15) is 35.0 Å². The highest BCUT2D eigenvalue weighted by Crippen LogP contribution is 2.20. The summed E-state index contributed by atoms with van der Waals surface area (Å²) in [6.07, 6.45) is -4.51. The van der Waals surface area contributed by atoms with Gasteiger partial charge in [-0.3, -0.25) is 9.35 Å². The fourth-order valence-electron chi connectivity index (χ4n) is 1.41. The lowest BCUT2D eigenvalue weighted by Crippen LogP contribution is -2.35. The molecule has 0 saturated heterocycles. The summed E-state index contributed by atoms with van der Waals surface area (Å²) >= 11 is 0. The van der Waals surface area contributed by atoms with Gasteiger partial charge in [0.1, 0.15) is 18.3 Å². The summed E-state index contributed by atoms with van der Waals surface area (Å²) < 4.78 is 28.3. The van der Waals surface area contributed by atoms with Gasteiger partial charge in [-0.05, 0) is 6.92 Å². The van der Waals surface area contributed by atoms with Crippen LogP contribution < -0.4 is 0 Å². The number of hydrogen-bond acceptors (Lipinski definition) is 8. The molecule has 0 unspecified atom stereocenters. The highest BCUT2D eigenvalue weighted by Gasteiger charge is 2.29. The van der Waals surface area contributed by atoms with Crippen LogP contribution in [0, 0.1) is 6.92 Å². The molecule has 11 nitrogen and oxygen atoms in total. The quantitative estimate of drug-likeness (QED) is 0.244. The molecule has 0 saturated carbocycles. The van der Waals surface area contributed by atoms with E-state index < -0.39 is 35.2 Å². The van der Waals surface area contributed by atoms with Gasteiger partial charge >= 0.3 is 10.3 Å². The number of hydrogen-bond donors (Lipinski definition) is 6. The van der Waals surface area contributed by atoms with Crippen LogP contribution in [0.5, 0.6) is 0 Å². The molecule has 12 heteroatoms. The Kier molecular flexibility index (Phi) is 8.63. The van der Waals surface area contributed by atoms with Crippen LogP contribution in [0.4, 0.5) is 0 Å². The highest BCUT2D eigenvalue weighted by molar-refractivity contribution is 7.83. The van der Waals surface area contributed by atoms with E-state index in [-0.39, 0.29) is 17.3 Å². The maximum absolute atomic E-state index is 11.1. The van der Waals surface area contributed by atoms with Crippen LogP contribution >= 0.6 is 0 Å². The molecule has 0 aliphatic heterocycles. The van der Waals surface area contributed by atoms with Gasteiger partial charge in [-0.1, -0.05) is 0 Å². The van der Waals surface area contributed by atoms with E-state index in [1.807, 2.05) is 0 Å². The average Bonchev–Trinajstić information content (AvgIpc) is 2.86. The standard InChI is InChI=1S/C10H16N2O5.C2H7NO3S/c1-4-7(12-10(11-4)5(2)14)9(17)8(16)6(15)3-13;1-3(2)7(4,5)6/h6,8-9,13,15-17H,3H2,1-2H3,(H,11,12);1-2H3,(H,4,5,6)/t6-,8-,9-;/m1./s1. The van der Waals surface area contributed by atoms with Crippen molar-refractivity contribution in [1.29, 1.82) is 0 Å². The monoisotopic (exact) mass is 369 g/mol. The van der Waals surface area contributed by atoms with Crippen LogP contribution in [0.15, 0.2) is 0 Å². The fraction of sp³-hybridized carbons (Fsp3) is 0.667. The van der Waals surface area contributed by atoms with Crippen molar-refractivity contribution in [2.24, 2.45) is 0 Å². The highest BCUT2D eigenvalue weighted by atomic mass is 32.2. The number of Topliss-reactive ketones (excluding diaryl/α,β-unsaturated/α-hetero) is 1. The molecule has 1 aromatic rings. The van der Waals surface area contributed by atoms with Crippen molar-refractivity contribution in [3.63, 3.8) is 0 Å². The number of aliphatic hydroxyl groups is 4. The Hall–Kier alpha value is -1.41. The second-order valence-corrected chi connectivity index (χ2v) is 6.72. The number of aromatic nitrogens is 2. The van der Waals surface area contributed by atoms with E-state index >= 15 is 0 Å². The van der Waals surface area contributed by atoms with E-state index in [0.29, 0.717) is 10.00 Å². The number of aliphatic hydroxyl groups excluding tert-OH is 4. The van der Waals surface area contributed by atoms with Crippen LogP contribution in [-0.4, -0.2) is 86.4 Å². The number of rotatable bonds is 6. The first-order valence-electron chi connectivity index (χ1n) is 6.70. The zero-order valence-electron chi connectivity index (χ0n) is 13.7. The number of ketones is 1. The van der Waals surface area contributed by atoms with E-state index in [2.05, 4.69) is 9.97 Å². The van der Waals surface area contributed by atoms with Gasteiger partial charge < -0.3 is 25.4 Å². The van der Waals surface area contributed by atoms with Crippen molar-refractivity contribution >= 4 is 16.1 Å². The molecule has 3 atom stereocenters. The Bertz CT molecular complexity index is 643. The van der Waals surface area contributed by atoms with E-state index in [4.69, 9.17) is 9.66 Å². The third-order valence-corrected chi connectivity index (χ3v) is 3.83. The van der Waals surface area contributed by atoms with Gasteiger partial charge in [0.25, 0.3) is 0 Å². The van der Waals surface area contributed by atoms with Crippen molar-refractivity contribution in [3.8, 4) is 0 Å². The number of carbonyl (C=O) groups is 1. The lowest BCUT2D eigenvalue weighted by atomic mass is 10.0. The first-order valence-corrected chi connectivity index (χ1v) is 8.10. The van der Waals surface area contributed by atoms with Crippen molar-refractivity contribution < 1.29 is 38.2 Å². The van der Waals surface area contributed by atoms with Gasteiger partial charge in [-0.25, -0.2) is 4.98 Å². The van der Waals surface area contributed by atoms with Crippen molar-refractivity contribution in [2.45, 2.75) is 32.2 Å². The van der Waals surface area contributed by atoms with Gasteiger partial charge in [0.15, 0.2) is 11.6 Å². The number of nitrogens with zero attached hydrogens (tertiary/aromatic N) is 2. The lowest BCUT2D eigenvalue weighted by Gasteiger charge is -2.20. The number of imidazole rings is 1. The predicted octanol–water partition coefficient (Wildman–Crippen LogP) is -1.98. The molecule has 1 heterocycles. The molecule has 0 fully saturated rings. The predicted molar refractivity (Wildman–Crippen MR) is 82.6 cm³/mol. The minimum Gasteiger partial charge on any atom is -0.394 e. The number of aryl methyl sites for hydroxylation is 1. The normalized spacial score (nSPS) is 15.4. The molecule has 140 valence electrons.